The predicted octanol–water partition coefficient (Wildman–Crippen LogP) is 4.03. The van der Waals surface area contributed by atoms with Crippen LogP contribution in [-0.4, -0.2) is 29.2 Å². The maximum atomic E-state index is 13.0. The van der Waals surface area contributed by atoms with Gasteiger partial charge in [0, 0.05) is 35.2 Å². The first-order valence-electron chi connectivity index (χ1n) is 9.48. The molecule has 2 heterocycles. The van der Waals surface area contributed by atoms with Gasteiger partial charge in [-0.05, 0) is 42.5 Å². The summed E-state index contributed by atoms with van der Waals surface area (Å²) in [6, 6.07) is 11.5. The zero-order chi connectivity index (χ0) is 24.8. The number of pyridine rings is 1. The Labute approximate surface area is 202 Å². The fourth-order valence-electron chi connectivity index (χ4n) is 3.26. The third-order valence-electron chi connectivity index (χ3n) is 4.99. The van der Waals surface area contributed by atoms with Gasteiger partial charge in [0.2, 0.25) is 5.95 Å². The molecule has 176 valence electrons. The van der Waals surface area contributed by atoms with Gasteiger partial charge in [0.1, 0.15) is 5.65 Å². The normalized spacial score (nSPS) is 13.6. The van der Waals surface area contributed by atoms with E-state index < -0.39 is 14.3 Å². The molecule has 0 bridgehead atoms. The Hall–Kier alpha value is -2.55. The molecule has 0 aliphatic carbocycles. The Morgan fingerprint density at radius 2 is 1.62 bits per heavy atom. The highest BCUT2D eigenvalue weighted by atomic mass is 35.5. The maximum Gasteiger partial charge on any atom is 0.411 e. The Bertz CT molecular complexity index is 1570. The van der Waals surface area contributed by atoms with Crippen LogP contribution in [0.15, 0.2) is 59.5 Å². The number of fused-ring (bicyclic) bond motifs is 1. The van der Waals surface area contributed by atoms with Crippen molar-refractivity contribution >= 4 is 65.5 Å². The van der Waals surface area contributed by atoms with Gasteiger partial charge < -0.3 is 20.0 Å². The molecule has 34 heavy (non-hydrogen) atoms. The van der Waals surface area contributed by atoms with Crippen molar-refractivity contribution in [2.45, 2.75) is 0 Å². The quantitative estimate of drug-likeness (QED) is 0.274. The van der Waals surface area contributed by atoms with Crippen LogP contribution in [0, 0.1) is 0 Å². The second-order valence-electron chi connectivity index (χ2n) is 7.22. The van der Waals surface area contributed by atoms with Crippen LogP contribution in [-0.2, 0) is 16.2 Å². The van der Waals surface area contributed by atoms with E-state index in [1.165, 1.54) is 22.9 Å². The number of anilines is 2. The summed E-state index contributed by atoms with van der Waals surface area (Å²) < 4.78 is 24.6. The lowest BCUT2D eigenvalue weighted by atomic mass is 10.1. The molecule has 0 saturated carbocycles. The molecule has 1 unspecified atom stereocenters. The van der Waals surface area contributed by atoms with Crippen LogP contribution >= 0.6 is 37.5 Å². The highest BCUT2D eigenvalue weighted by Gasteiger charge is 2.41. The molecule has 0 fully saturated rings. The second-order valence-corrected chi connectivity index (χ2v) is 13.9. The summed E-state index contributed by atoms with van der Waals surface area (Å²) in [6.07, 6.45) is 1.50. The number of halogens is 2. The molecule has 14 heteroatoms. The molecular weight excluding hydrogens is 525 g/mol. The topological polar surface area (TPSA) is 155 Å². The van der Waals surface area contributed by atoms with Crippen molar-refractivity contribution in [2.24, 2.45) is 7.05 Å². The minimum Gasteiger partial charge on any atom is -0.333 e. The average Bonchev–Trinajstić information content (AvgIpc) is 2.77. The monoisotopic (exact) mass is 540 g/mol. The van der Waals surface area contributed by atoms with Crippen LogP contribution in [0.2, 0.25) is 10.0 Å². The van der Waals surface area contributed by atoms with Crippen molar-refractivity contribution < 1.29 is 23.8 Å². The first-order valence-corrected chi connectivity index (χ1v) is 14.2. The number of aryl methyl sites for hydroxylation is 1. The Kier molecular flexibility index (Phi) is 6.44. The number of nitrogens with zero attached hydrogens (tertiary/aromatic N) is 3. The molecule has 4 N–H and O–H groups in total. The van der Waals surface area contributed by atoms with E-state index in [2.05, 4.69) is 15.3 Å². The van der Waals surface area contributed by atoms with Crippen LogP contribution in [0.3, 0.4) is 0 Å². The summed E-state index contributed by atoms with van der Waals surface area (Å²) in [4.78, 5) is 49.5. The lowest BCUT2D eigenvalue weighted by Crippen LogP contribution is -2.20. The third-order valence-corrected chi connectivity index (χ3v) is 10.1. The predicted molar refractivity (Wildman–Crippen MR) is 131 cm³/mol. The molecule has 0 aliphatic rings. The van der Waals surface area contributed by atoms with Crippen LogP contribution in [0.5, 0.6) is 0 Å². The van der Waals surface area contributed by atoms with E-state index in [9.17, 15) is 18.8 Å². The second kappa shape index (κ2) is 8.91. The summed E-state index contributed by atoms with van der Waals surface area (Å²) in [5.41, 5.74) is 1.05. The molecule has 0 aliphatic heterocycles. The van der Waals surface area contributed by atoms with E-state index in [0.717, 1.165) is 12.1 Å². The van der Waals surface area contributed by atoms with Crippen molar-refractivity contribution in [1.82, 2.24) is 14.5 Å². The van der Waals surface area contributed by atoms with E-state index in [0.29, 0.717) is 37.9 Å². The Morgan fingerprint density at radius 1 is 1.00 bits per heavy atom. The van der Waals surface area contributed by atoms with Gasteiger partial charge in [-0.15, -0.1) is 0 Å². The number of aromatic nitrogens is 3. The third kappa shape index (κ3) is 4.42. The summed E-state index contributed by atoms with van der Waals surface area (Å²) >= 11 is 12.5. The van der Waals surface area contributed by atoms with Gasteiger partial charge in [0.25, 0.3) is 5.56 Å². The SMILES string of the molecule is Cn1c(=O)c(-c2c(Cl)cccc2Cl)cc2cnc(Nc3ccc(P(=O)(O)P(=O)(O)O)cc3)nc21. The summed E-state index contributed by atoms with van der Waals surface area (Å²) in [5.74, 6) is 0.126. The molecule has 1 atom stereocenters. The van der Waals surface area contributed by atoms with Crippen LogP contribution < -0.4 is 16.2 Å². The van der Waals surface area contributed by atoms with Crippen LogP contribution in [0.1, 0.15) is 0 Å². The molecule has 0 amide bonds. The van der Waals surface area contributed by atoms with Crippen molar-refractivity contribution in [1.29, 1.82) is 0 Å². The van der Waals surface area contributed by atoms with Gasteiger partial charge in [-0.1, -0.05) is 29.3 Å². The lowest BCUT2D eigenvalue weighted by Gasteiger charge is -2.14. The van der Waals surface area contributed by atoms with E-state index >= 15 is 0 Å². The largest absolute Gasteiger partial charge is 0.411 e. The number of rotatable bonds is 5. The Balaban J connectivity index is 1.70. The van der Waals surface area contributed by atoms with E-state index in [4.69, 9.17) is 33.0 Å². The highest BCUT2D eigenvalue weighted by molar-refractivity contribution is 8.31. The summed E-state index contributed by atoms with van der Waals surface area (Å²) in [5, 5.41) is 3.70. The first-order chi connectivity index (χ1) is 15.9. The van der Waals surface area contributed by atoms with Crippen LogP contribution in [0.25, 0.3) is 22.2 Å². The molecule has 2 aromatic carbocycles. The molecule has 0 radical (unpaired) electrons. The van der Waals surface area contributed by atoms with Crippen molar-refractivity contribution in [3.8, 4) is 11.1 Å². The molecule has 0 saturated heterocycles. The molecule has 4 aromatic rings. The molecule has 0 spiro atoms. The molecular formula is C20H16Cl2N4O6P2. The summed E-state index contributed by atoms with van der Waals surface area (Å²) in [6.45, 7) is 0. The zero-order valence-electron chi connectivity index (χ0n) is 17.3. The van der Waals surface area contributed by atoms with E-state index in [1.54, 1.807) is 31.3 Å². The van der Waals surface area contributed by atoms with Gasteiger partial charge >= 0.3 is 14.3 Å². The smallest absolute Gasteiger partial charge is 0.333 e. The maximum absolute atomic E-state index is 13.0. The molecule has 10 nitrogen and oxygen atoms in total. The van der Waals surface area contributed by atoms with Crippen molar-refractivity contribution in [3.05, 3.63) is 75.1 Å². The Morgan fingerprint density at radius 3 is 2.21 bits per heavy atom. The summed E-state index contributed by atoms with van der Waals surface area (Å²) in [7, 11) is -8.54. The van der Waals surface area contributed by atoms with Crippen LogP contribution in [0.4, 0.5) is 11.6 Å². The minimum absolute atomic E-state index is 0.126. The first kappa shape index (κ1) is 24.6. The molecule has 4 rings (SSSR count). The van der Waals surface area contributed by atoms with Gasteiger partial charge in [-0.3, -0.25) is 13.9 Å². The van der Waals surface area contributed by atoms with Crippen molar-refractivity contribution in [2.75, 3.05) is 5.32 Å². The van der Waals surface area contributed by atoms with Gasteiger partial charge in [-0.25, -0.2) is 9.55 Å². The zero-order valence-corrected chi connectivity index (χ0v) is 20.6. The minimum atomic E-state index is -5.23. The van der Waals surface area contributed by atoms with E-state index in [-0.39, 0.29) is 16.8 Å². The standard InChI is InChI=1S/C20H16Cl2N4O6P2/c1-26-18-11(9-14(19(26)27)17-15(21)3-2-4-16(17)22)10-23-20(25-18)24-12-5-7-13(8-6-12)33(28,29)34(30,31)32/h2-10H,1H3,(H,28,29)(H,23,24,25)(H2,30,31,32). The van der Waals surface area contributed by atoms with Gasteiger partial charge in [-0.2, -0.15) is 4.98 Å². The fourth-order valence-corrected chi connectivity index (χ4v) is 6.00. The number of hydrogen-bond donors (Lipinski definition) is 4. The number of hydrogen-bond acceptors (Lipinski definition) is 6. The molecule has 2 aromatic heterocycles. The fraction of sp³-hybridized carbons (Fsp3) is 0.0500. The highest BCUT2D eigenvalue weighted by Crippen LogP contribution is 2.73. The number of nitrogens with one attached hydrogen (secondary N) is 1. The van der Waals surface area contributed by atoms with Crippen molar-refractivity contribution in [3.63, 3.8) is 0 Å². The number of benzene rings is 2. The van der Waals surface area contributed by atoms with Gasteiger partial charge in [0.15, 0.2) is 0 Å². The van der Waals surface area contributed by atoms with Gasteiger partial charge in [0.05, 0.1) is 15.6 Å². The lowest BCUT2D eigenvalue weighted by molar-refractivity contribution is 0.379. The average molecular weight is 541 g/mol. The van der Waals surface area contributed by atoms with E-state index in [1.807, 2.05) is 0 Å².